The number of rotatable bonds is 5. The minimum atomic E-state index is -0.471. The van der Waals surface area contributed by atoms with Crippen LogP contribution < -0.4 is 16.0 Å². The largest absolute Gasteiger partial charge is 0.334 e. The maximum Gasteiger partial charge on any atom is 0.321 e. The van der Waals surface area contributed by atoms with Crippen LogP contribution >= 0.6 is 12.4 Å². The molecular weight excluding hydrogens is 280 g/mol. The number of hydrogen-bond acceptors (Lipinski definition) is 4. The van der Waals surface area contributed by atoms with Gasteiger partial charge in [0.1, 0.15) is 0 Å². The second kappa shape index (κ2) is 10.7. The van der Waals surface area contributed by atoms with E-state index in [2.05, 4.69) is 22.5 Å². The lowest BCUT2D eigenvalue weighted by molar-refractivity contribution is -0.121. The number of carbonyl (C=O) groups excluding carboxylic acids is 2. The van der Waals surface area contributed by atoms with Gasteiger partial charge >= 0.3 is 6.03 Å². The molecule has 1 saturated heterocycles. The average Bonchev–Trinajstić information content (AvgIpc) is 2.64. The summed E-state index contributed by atoms with van der Waals surface area (Å²) >= 11 is 0. The van der Waals surface area contributed by atoms with Crippen LogP contribution in [-0.4, -0.2) is 56.1 Å². The molecule has 0 bridgehead atoms. The first-order valence-corrected chi connectivity index (χ1v) is 6.73. The Bertz CT molecular complexity index is 317. The summed E-state index contributed by atoms with van der Waals surface area (Å²) in [5.41, 5.74) is 0. The quantitative estimate of drug-likeness (QED) is 0.647. The highest BCUT2D eigenvalue weighted by atomic mass is 35.5. The zero-order chi connectivity index (χ0) is 14.1. The van der Waals surface area contributed by atoms with E-state index >= 15 is 0 Å². The lowest BCUT2D eigenvalue weighted by atomic mass is 10.1. The number of amides is 3. The van der Waals surface area contributed by atoms with E-state index in [1.807, 2.05) is 11.9 Å². The first kappa shape index (κ1) is 18.9. The molecule has 1 unspecified atom stereocenters. The summed E-state index contributed by atoms with van der Waals surface area (Å²) in [6, 6.07) is -0.0715. The van der Waals surface area contributed by atoms with E-state index in [0.717, 1.165) is 32.4 Å². The molecule has 20 heavy (non-hydrogen) atoms. The Labute approximate surface area is 126 Å². The van der Waals surface area contributed by atoms with Crippen molar-refractivity contribution in [2.75, 3.05) is 33.2 Å². The van der Waals surface area contributed by atoms with Gasteiger partial charge in [-0.15, -0.1) is 19.0 Å². The summed E-state index contributed by atoms with van der Waals surface area (Å²) in [5.74, 6) is -0.277. The molecule has 1 heterocycles. The van der Waals surface area contributed by atoms with Gasteiger partial charge in [0.15, 0.2) is 0 Å². The van der Waals surface area contributed by atoms with Gasteiger partial charge in [0.25, 0.3) is 0 Å². The van der Waals surface area contributed by atoms with Crippen LogP contribution in [0, 0.1) is 0 Å². The molecule has 7 heteroatoms. The van der Waals surface area contributed by atoms with Crippen LogP contribution in [0.5, 0.6) is 0 Å². The van der Waals surface area contributed by atoms with E-state index in [9.17, 15) is 9.59 Å². The fourth-order valence-corrected chi connectivity index (χ4v) is 2.17. The number of imide groups is 1. The number of urea groups is 1. The molecule has 0 radical (unpaired) electrons. The van der Waals surface area contributed by atoms with Crippen LogP contribution in [0.1, 0.15) is 19.3 Å². The standard InChI is InChI=1S/C13H24N4O2.ClH/c1-3-7-15-13(19)16-12(18)10-17(2)11-5-4-8-14-9-6-11;/h3,11,14H,1,4-10H2,2H3,(H2,15,16,18,19);1H. The average molecular weight is 305 g/mol. The van der Waals surface area contributed by atoms with Gasteiger partial charge in [-0.3, -0.25) is 15.0 Å². The van der Waals surface area contributed by atoms with E-state index in [1.165, 1.54) is 0 Å². The van der Waals surface area contributed by atoms with Crippen LogP contribution in [0.3, 0.4) is 0 Å². The third kappa shape index (κ3) is 7.47. The summed E-state index contributed by atoms with van der Waals surface area (Å²) in [7, 11) is 1.93. The first-order valence-electron chi connectivity index (χ1n) is 6.73. The highest BCUT2D eigenvalue weighted by Crippen LogP contribution is 2.11. The van der Waals surface area contributed by atoms with E-state index in [1.54, 1.807) is 6.08 Å². The van der Waals surface area contributed by atoms with Gasteiger partial charge in [-0.05, 0) is 39.4 Å². The van der Waals surface area contributed by atoms with Crippen molar-refractivity contribution in [2.45, 2.75) is 25.3 Å². The number of halogens is 1. The lowest BCUT2D eigenvalue weighted by Crippen LogP contribution is -2.46. The van der Waals surface area contributed by atoms with Crippen LogP contribution in [0.25, 0.3) is 0 Å². The molecule has 3 amide bonds. The van der Waals surface area contributed by atoms with Gasteiger partial charge in [0.05, 0.1) is 6.54 Å². The molecule has 1 aliphatic heterocycles. The third-order valence-electron chi connectivity index (χ3n) is 3.22. The molecule has 1 fully saturated rings. The van der Waals surface area contributed by atoms with Crippen molar-refractivity contribution in [3.05, 3.63) is 12.7 Å². The Morgan fingerprint density at radius 1 is 1.40 bits per heavy atom. The maximum absolute atomic E-state index is 11.7. The smallest absolute Gasteiger partial charge is 0.321 e. The Morgan fingerprint density at radius 2 is 2.15 bits per heavy atom. The topological polar surface area (TPSA) is 73.5 Å². The SMILES string of the molecule is C=CCNC(=O)NC(=O)CN(C)C1CCCNCC1.Cl. The molecule has 0 aromatic rings. The van der Waals surface area contributed by atoms with Crippen molar-refractivity contribution in [3.8, 4) is 0 Å². The molecule has 1 aliphatic rings. The molecule has 0 aromatic heterocycles. The third-order valence-corrected chi connectivity index (χ3v) is 3.22. The molecule has 0 aliphatic carbocycles. The molecule has 1 atom stereocenters. The van der Waals surface area contributed by atoms with Gasteiger partial charge in [-0.1, -0.05) is 6.08 Å². The predicted octanol–water partition coefficient (Wildman–Crippen LogP) is 0.494. The summed E-state index contributed by atoms with van der Waals surface area (Å²) in [6.07, 6.45) is 4.80. The van der Waals surface area contributed by atoms with E-state index in [0.29, 0.717) is 12.6 Å². The summed E-state index contributed by atoms with van der Waals surface area (Å²) in [6.45, 7) is 6.11. The highest BCUT2D eigenvalue weighted by molar-refractivity contribution is 5.95. The second-order valence-electron chi connectivity index (χ2n) is 4.80. The Morgan fingerprint density at radius 3 is 2.85 bits per heavy atom. The summed E-state index contributed by atoms with van der Waals surface area (Å²) in [4.78, 5) is 25.0. The fraction of sp³-hybridized carbons (Fsp3) is 0.692. The molecule has 6 nitrogen and oxygen atoms in total. The first-order chi connectivity index (χ1) is 9.13. The van der Waals surface area contributed by atoms with Crippen molar-refractivity contribution in [1.29, 1.82) is 0 Å². The minimum Gasteiger partial charge on any atom is -0.334 e. The Hall–Kier alpha value is -1.11. The molecule has 1 rings (SSSR count). The second-order valence-corrected chi connectivity index (χ2v) is 4.80. The van der Waals surface area contributed by atoms with Crippen molar-refractivity contribution in [2.24, 2.45) is 0 Å². The number of nitrogens with one attached hydrogen (secondary N) is 3. The van der Waals surface area contributed by atoms with Crippen LogP contribution in [-0.2, 0) is 4.79 Å². The van der Waals surface area contributed by atoms with Gasteiger partial charge in [0, 0.05) is 12.6 Å². The Balaban J connectivity index is 0.00000361. The zero-order valence-corrected chi connectivity index (χ0v) is 12.8. The number of nitrogens with zero attached hydrogens (tertiary/aromatic N) is 1. The van der Waals surface area contributed by atoms with Crippen molar-refractivity contribution in [1.82, 2.24) is 20.9 Å². The van der Waals surface area contributed by atoms with Gasteiger partial charge in [0.2, 0.25) is 5.91 Å². The number of carbonyl (C=O) groups is 2. The molecular formula is C13H25ClN4O2. The zero-order valence-electron chi connectivity index (χ0n) is 12.0. The normalized spacial score (nSPS) is 18.6. The van der Waals surface area contributed by atoms with Crippen molar-refractivity contribution in [3.63, 3.8) is 0 Å². The van der Waals surface area contributed by atoms with Crippen LogP contribution in [0.2, 0.25) is 0 Å². The van der Waals surface area contributed by atoms with Gasteiger partial charge in [-0.25, -0.2) is 4.79 Å². The predicted molar refractivity (Wildman–Crippen MR) is 82.1 cm³/mol. The highest BCUT2D eigenvalue weighted by Gasteiger charge is 2.19. The summed E-state index contributed by atoms with van der Waals surface area (Å²) < 4.78 is 0. The van der Waals surface area contributed by atoms with E-state index in [4.69, 9.17) is 0 Å². The monoisotopic (exact) mass is 304 g/mol. The number of hydrogen-bond donors (Lipinski definition) is 3. The molecule has 0 saturated carbocycles. The number of likely N-dealkylation sites (N-methyl/N-ethyl adjacent to an activating group) is 1. The van der Waals surface area contributed by atoms with Gasteiger partial charge in [-0.2, -0.15) is 0 Å². The van der Waals surface area contributed by atoms with Gasteiger partial charge < -0.3 is 10.6 Å². The Kier molecular flexibility index (Phi) is 10.1. The van der Waals surface area contributed by atoms with Crippen LogP contribution in [0.4, 0.5) is 4.79 Å². The molecule has 3 N–H and O–H groups in total. The van der Waals surface area contributed by atoms with E-state index < -0.39 is 6.03 Å². The minimum absolute atomic E-state index is 0. The summed E-state index contributed by atoms with van der Waals surface area (Å²) in [5, 5.41) is 8.15. The lowest BCUT2D eigenvalue weighted by Gasteiger charge is -2.25. The maximum atomic E-state index is 11.7. The van der Waals surface area contributed by atoms with Crippen molar-refractivity contribution < 1.29 is 9.59 Å². The fourth-order valence-electron chi connectivity index (χ4n) is 2.17. The van der Waals surface area contributed by atoms with Crippen molar-refractivity contribution >= 4 is 24.3 Å². The molecule has 116 valence electrons. The van der Waals surface area contributed by atoms with E-state index in [-0.39, 0.29) is 24.9 Å². The molecule has 0 aromatic carbocycles. The molecule has 0 spiro atoms. The van der Waals surface area contributed by atoms with Crippen LogP contribution in [0.15, 0.2) is 12.7 Å².